The largest absolute Gasteiger partial charge is 0.390 e. The summed E-state index contributed by atoms with van der Waals surface area (Å²) in [5.41, 5.74) is 5.55. The van der Waals surface area contributed by atoms with E-state index in [-0.39, 0.29) is 12.5 Å². The molecule has 0 atom stereocenters. The van der Waals surface area contributed by atoms with Crippen molar-refractivity contribution in [3.63, 3.8) is 0 Å². The number of aryl methyl sites for hydroxylation is 1. The second kappa shape index (κ2) is 3.87. The first-order valence-electron chi connectivity index (χ1n) is 3.62. The molecule has 0 spiro atoms. The molecule has 1 heterocycles. The molecule has 12 heavy (non-hydrogen) atoms. The SMILES string of the molecule is NC(=O)CCn1cnc(CO)c1. The van der Waals surface area contributed by atoms with E-state index in [1.807, 2.05) is 0 Å². The molecule has 0 aliphatic heterocycles. The number of hydrogen-bond acceptors (Lipinski definition) is 3. The third kappa shape index (κ3) is 2.35. The Balaban J connectivity index is 2.47. The molecular weight excluding hydrogens is 158 g/mol. The van der Waals surface area contributed by atoms with Gasteiger partial charge in [0, 0.05) is 19.2 Å². The number of nitrogens with zero attached hydrogens (tertiary/aromatic N) is 2. The monoisotopic (exact) mass is 169 g/mol. The van der Waals surface area contributed by atoms with Crippen molar-refractivity contribution >= 4 is 5.91 Å². The van der Waals surface area contributed by atoms with E-state index >= 15 is 0 Å². The van der Waals surface area contributed by atoms with E-state index in [2.05, 4.69) is 4.98 Å². The zero-order chi connectivity index (χ0) is 8.97. The Morgan fingerprint density at radius 3 is 3.00 bits per heavy atom. The lowest BCUT2D eigenvalue weighted by Gasteiger charge is -1.96. The van der Waals surface area contributed by atoms with Gasteiger partial charge >= 0.3 is 0 Å². The van der Waals surface area contributed by atoms with Gasteiger partial charge in [-0.15, -0.1) is 0 Å². The van der Waals surface area contributed by atoms with Gasteiger partial charge in [-0.3, -0.25) is 4.79 Å². The fraction of sp³-hybridized carbons (Fsp3) is 0.429. The number of hydrogen-bond donors (Lipinski definition) is 2. The summed E-state index contributed by atoms with van der Waals surface area (Å²) >= 11 is 0. The first-order chi connectivity index (χ1) is 5.72. The van der Waals surface area contributed by atoms with Crippen LogP contribution in [0.3, 0.4) is 0 Å². The van der Waals surface area contributed by atoms with Crippen molar-refractivity contribution in [1.29, 1.82) is 0 Å². The number of aromatic nitrogens is 2. The molecule has 1 amide bonds. The van der Waals surface area contributed by atoms with Crippen LogP contribution in [0.4, 0.5) is 0 Å². The minimum absolute atomic E-state index is 0.0798. The van der Waals surface area contributed by atoms with Crippen molar-refractivity contribution < 1.29 is 9.90 Å². The number of aliphatic hydroxyl groups excluding tert-OH is 1. The van der Waals surface area contributed by atoms with Crippen molar-refractivity contribution in [3.05, 3.63) is 18.2 Å². The van der Waals surface area contributed by atoms with Gasteiger partial charge in [0.25, 0.3) is 0 Å². The third-order valence-electron chi connectivity index (χ3n) is 1.47. The van der Waals surface area contributed by atoms with Gasteiger partial charge in [-0.1, -0.05) is 0 Å². The van der Waals surface area contributed by atoms with E-state index in [1.165, 1.54) is 0 Å². The normalized spacial score (nSPS) is 10.1. The third-order valence-corrected chi connectivity index (χ3v) is 1.47. The molecule has 66 valence electrons. The highest BCUT2D eigenvalue weighted by Crippen LogP contribution is 1.96. The highest BCUT2D eigenvalue weighted by molar-refractivity contribution is 5.73. The van der Waals surface area contributed by atoms with Crippen LogP contribution in [0, 0.1) is 0 Å². The summed E-state index contributed by atoms with van der Waals surface area (Å²) in [5, 5.41) is 8.66. The van der Waals surface area contributed by atoms with Crippen molar-refractivity contribution in [3.8, 4) is 0 Å². The first kappa shape index (κ1) is 8.73. The Morgan fingerprint density at radius 2 is 2.50 bits per heavy atom. The van der Waals surface area contributed by atoms with E-state index in [4.69, 9.17) is 10.8 Å². The van der Waals surface area contributed by atoms with E-state index in [0.717, 1.165) is 0 Å². The Hall–Kier alpha value is -1.36. The van der Waals surface area contributed by atoms with Crippen LogP contribution in [-0.4, -0.2) is 20.6 Å². The minimum atomic E-state index is -0.339. The van der Waals surface area contributed by atoms with Crippen molar-refractivity contribution in [2.24, 2.45) is 5.73 Å². The van der Waals surface area contributed by atoms with Crippen LogP contribution >= 0.6 is 0 Å². The van der Waals surface area contributed by atoms with E-state index in [1.54, 1.807) is 17.1 Å². The molecule has 0 aliphatic carbocycles. The maximum absolute atomic E-state index is 10.4. The Labute approximate surface area is 69.8 Å². The second-order valence-corrected chi connectivity index (χ2v) is 2.48. The summed E-state index contributed by atoms with van der Waals surface area (Å²) in [4.78, 5) is 14.3. The van der Waals surface area contributed by atoms with Gasteiger partial charge in [-0.25, -0.2) is 4.98 Å². The predicted octanol–water partition coefficient (Wildman–Crippen LogP) is -0.749. The van der Waals surface area contributed by atoms with Crippen molar-refractivity contribution in [1.82, 2.24) is 9.55 Å². The molecular formula is C7H11N3O2. The number of aliphatic hydroxyl groups is 1. The van der Waals surface area contributed by atoms with Gasteiger partial charge in [0.15, 0.2) is 0 Å². The fourth-order valence-corrected chi connectivity index (χ4v) is 0.850. The van der Waals surface area contributed by atoms with Crippen LogP contribution in [0.5, 0.6) is 0 Å². The molecule has 0 fully saturated rings. The molecule has 1 aromatic heterocycles. The van der Waals surface area contributed by atoms with Crippen LogP contribution < -0.4 is 5.73 Å². The minimum Gasteiger partial charge on any atom is -0.390 e. The summed E-state index contributed by atoms with van der Waals surface area (Å²) in [6, 6.07) is 0. The van der Waals surface area contributed by atoms with Gasteiger partial charge in [-0.05, 0) is 0 Å². The maximum Gasteiger partial charge on any atom is 0.219 e. The lowest BCUT2D eigenvalue weighted by molar-refractivity contribution is -0.118. The number of primary amides is 1. The molecule has 5 heteroatoms. The second-order valence-electron chi connectivity index (χ2n) is 2.48. The lowest BCUT2D eigenvalue weighted by atomic mass is 10.4. The molecule has 3 N–H and O–H groups in total. The summed E-state index contributed by atoms with van der Waals surface area (Å²) in [7, 11) is 0. The fourth-order valence-electron chi connectivity index (χ4n) is 0.850. The number of imidazole rings is 1. The highest BCUT2D eigenvalue weighted by Gasteiger charge is 1.98. The Bertz CT molecular complexity index is 269. The number of carbonyl (C=O) groups is 1. The van der Waals surface area contributed by atoms with Crippen LogP contribution in [0.25, 0.3) is 0 Å². The van der Waals surface area contributed by atoms with Crippen LogP contribution in [0.2, 0.25) is 0 Å². The Morgan fingerprint density at radius 1 is 1.75 bits per heavy atom. The smallest absolute Gasteiger partial charge is 0.219 e. The molecule has 0 bridgehead atoms. The molecule has 5 nitrogen and oxygen atoms in total. The summed E-state index contributed by atoms with van der Waals surface area (Å²) in [5.74, 6) is -0.339. The van der Waals surface area contributed by atoms with Gasteiger partial charge in [0.05, 0.1) is 18.6 Å². The first-order valence-corrected chi connectivity index (χ1v) is 3.62. The summed E-state index contributed by atoms with van der Waals surface area (Å²) < 4.78 is 1.72. The molecule has 0 saturated heterocycles. The molecule has 0 unspecified atom stereocenters. The van der Waals surface area contributed by atoms with Gasteiger partial charge in [0.2, 0.25) is 5.91 Å². The standard InChI is InChI=1S/C7H11N3O2/c8-7(12)1-2-10-3-6(4-11)9-5-10/h3,5,11H,1-2,4H2,(H2,8,12). The number of carbonyl (C=O) groups excluding carboxylic acids is 1. The quantitative estimate of drug-likeness (QED) is 0.622. The summed E-state index contributed by atoms with van der Waals surface area (Å²) in [6.07, 6.45) is 3.54. The highest BCUT2D eigenvalue weighted by atomic mass is 16.3. The average Bonchev–Trinajstić information content (AvgIpc) is 2.48. The van der Waals surface area contributed by atoms with Gasteiger partial charge in [-0.2, -0.15) is 0 Å². The summed E-state index contributed by atoms with van der Waals surface area (Å²) in [6.45, 7) is 0.436. The maximum atomic E-state index is 10.4. The zero-order valence-electron chi connectivity index (χ0n) is 6.60. The van der Waals surface area contributed by atoms with Crippen LogP contribution in [-0.2, 0) is 17.9 Å². The van der Waals surface area contributed by atoms with Crippen LogP contribution in [0.1, 0.15) is 12.1 Å². The molecule has 1 rings (SSSR count). The molecule has 0 aromatic carbocycles. The van der Waals surface area contributed by atoms with E-state index in [0.29, 0.717) is 18.7 Å². The van der Waals surface area contributed by atoms with Gasteiger partial charge < -0.3 is 15.4 Å². The molecule has 0 saturated carbocycles. The lowest BCUT2D eigenvalue weighted by Crippen LogP contribution is -2.13. The molecule has 0 aliphatic rings. The van der Waals surface area contributed by atoms with Crippen LogP contribution in [0.15, 0.2) is 12.5 Å². The number of amides is 1. The molecule has 1 aromatic rings. The molecule has 0 radical (unpaired) electrons. The topological polar surface area (TPSA) is 81.1 Å². The Kier molecular flexibility index (Phi) is 2.82. The van der Waals surface area contributed by atoms with Gasteiger partial charge in [0.1, 0.15) is 0 Å². The zero-order valence-corrected chi connectivity index (χ0v) is 6.60. The van der Waals surface area contributed by atoms with E-state index in [9.17, 15) is 4.79 Å². The van der Waals surface area contributed by atoms with E-state index < -0.39 is 0 Å². The van der Waals surface area contributed by atoms with Crippen molar-refractivity contribution in [2.75, 3.05) is 0 Å². The number of rotatable bonds is 4. The van der Waals surface area contributed by atoms with Crippen molar-refractivity contribution in [2.45, 2.75) is 19.6 Å². The average molecular weight is 169 g/mol. The predicted molar refractivity (Wildman–Crippen MR) is 42.0 cm³/mol. The number of nitrogens with two attached hydrogens (primary N) is 1.